The topological polar surface area (TPSA) is 314 Å². The average Bonchev–Trinajstić information content (AvgIpc) is 0.995. The Balaban J connectivity index is 0.647. The minimum Gasteiger partial charge on any atom is -0.494 e. The second kappa shape index (κ2) is 30.6. The van der Waals surface area contributed by atoms with E-state index in [1.807, 2.05) is 110 Å². The van der Waals surface area contributed by atoms with E-state index in [2.05, 4.69) is 36.4 Å². The number of likely N-dealkylation sites (tertiary alicyclic amines) is 1. The number of carbonyl (C=O) groups is 6. The Morgan fingerprint density at radius 1 is 0.772 bits per heavy atom. The van der Waals surface area contributed by atoms with E-state index in [4.69, 9.17) is 23.4 Å². The highest BCUT2D eigenvalue weighted by molar-refractivity contribution is 8.00. The van der Waals surface area contributed by atoms with E-state index in [-0.39, 0.29) is 80.0 Å². The number of ether oxygens (including phenoxy) is 4. The Kier molecular flexibility index (Phi) is 22.0. The third-order valence-electron chi connectivity index (χ3n) is 15.3. The largest absolute Gasteiger partial charge is 0.494 e. The summed E-state index contributed by atoms with van der Waals surface area (Å²) < 4.78 is 30.9. The van der Waals surface area contributed by atoms with Gasteiger partial charge in [0, 0.05) is 149 Å². The van der Waals surface area contributed by atoms with Crippen molar-refractivity contribution in [2.24, 2.45) is 20.5 Å². The van der Waals surface area contributed by atoms with Gasteiger partial charge in [-0.25, -0.2) is 9.37 Å². The molecule has 26 nitrogen and oxygen atoms in total. The Bertz CT molecular complexity index is 4000. The number of amides is 5. The quantitative estimate of drug-likeness (QED) is 0.00676. The van der Waals surface area contributed by atoms with Crippen LogP contribution in [0.5, 0.6) is 11.5 Å². The lowest BCUT2D eigenvalue weighted by molar-refractivity contribution is -0.384. The van der Waals surface area contributed by atoms with Crippen LogP contribution in [0.25, 0.3) is 33.4 Å². The van der Waals surface area contributed by atoms with Gasteiger partial charge in [-0.3, -0.25) is 39.0 Å². The summed E-state index contributed by atoms with van der Waals surface area (Å²) in [5.41, 5.74) is 5.94. The minimum absolute atomic E-state index is 0.0277. The zero-order chi connectivity index (χ0) is 65.6. The predicted molar refractivity (Wildman–Crippen MR) is 346 cm³/mol. The van der Waals surface area contributed by atoms with Crippen LogP contribution in [-0.2, 0) is 28.7 Å². The third kappa shape index (κ3) is 16.4. The number of carbonyl (C=O) groups excluding carboxylic acids is 5. The minimum atomic E-state index is -1.20. The lowest BCUT2D eigenvalue weighted by Gasteiger charge is -2.19. The van der Waals surface area contributed by atoms with E-state index in [1.165, 1.54) is 61.2 Å². The number of hydrogen-bond donors (Lipinski definition) is 4. The molecule has 2 fully saturated rings. The van der Waals surface area contributed by atoms with Gasteiger partial charge < -0.3 is 54.2 Å². The van der Waals surface area contributed by atoms with Crippen LogP contribution in [0.1, 0.15) is 52.8 Å². The summed E-state index contributed by atoms with van der Waals surface area (Å²) in [7, 11) is 12.6. The summed E-state index contributed by atoms with van der Waals surface area (Å²) in [6.07, 6.45) is -0.331. The number of thioether (sulfide) groups is 1. The number of carboxylic acid groups (broad SMARTS) is 1. The van der Waals surface area contributed by atoms with E-state index >= 15 is 0 Å². The molecule has 1 aliphatic carbocycles. The second-order valence-electron chi connectivity index (χ2n) is 22.0. The lowest BCUT2D eigenvalue weighted by atomic mass is 9.89. The number of non-ortho nitro benzene ring substituents is 1. The number of hydrogen-bond acceptors (Lipinski definition) is 20. The Labute approximate surface area is 533 Å². The van der Waals surface area contributed by atoms with Crippen molar-refractivity contribution >= 4 is 98.0 Å². The van der Waals surface area contributed by atoms with E-state index in [0.29, 0.717) is 99.4 Å². The molecule has 3 aliphatic heterocycles. The van der Waals surface area contributed by atoms with E-state index in [9.17, 15) is 44.0 Å². The number of nitro groups is 1. The number of carboxylic acids is 1. The Morgan fingerprint density at radius 2 is 1.43 bits per heavy atom. The Morgan fingerprint density at radius 3 is 2.09 bits per heavy atom. The number of rotatable bonds is 28. The van der Waals surface area contributed by atoms with Gasteiger partial charge in [-0.1, -0.05) is 6.07 Å². The van der Waals surface area contributed by atoms with Crippen LogP contribution in [0.4, 0.5) is 39.8 Å². The maximum Gasteiger partial charge on any atom is 0.336 e. The van der Waals surface area contributed by atoms with Crippen molar-refractivity contribution in [3.05, 3.63) is 142 Å². The number of nitrogens with one attached hydrogen (secondary N) is 3. The van der Waals surface area contributed by atoms with E-state index in [0.717, 1.165) is 16.7 Å². The fourth-order valence-corrected chi connectivity index (χ4v) is 11.3. The van der Waals surface area contributed by atoms with Gasteiger partial charge in [-0.15, -0.1) is 22.0 Å². The average molecular weight is 1280 g/mol. The van der Waals surface area contributed by atoms with Crippen LogP contribution < -0.4 is 45.2 Å². The number of fused-ring (bicyclic) bond motifs is 2. The molecule has 5 aromatic carbocycles. The number of nitrogens with zero attached hydrogens (tertiary/aromatic N) is 9. The first-order valence-corrected chi connectivity index (χ1v) is 30.6. The summed E-state index contributed by atoms with van der Waals surface area (Å²) in [5.74, 6) is -1.17. The van der Waals surface area contributed by atoms with Crippen molar-refractivity contribution in [1.82, 2.24) is 25.4 Å². The van der Waals surface area contributed by atoms with Gasteiger partial charge in [0.15, 0.2) is 12.4 Å². The molecule has 0 radical (unpaired) electrons. The smallest absolute Gasteiger partial charge is 0.336 e. The monoisotopic (exact) mass is 1280 g/mol. The molecule has 27 heteroatoms. The molecular weight excluding hydrogens is 1200 g/mol. The number of methoxy groups -OCH3 is 2. The van der Waals surface area contributed by atoms with Crippen molar-refractivity contribution in [2.75, 3.05) is 104 Å². The molecule has 0 bridgehead atoms. The molecule has 5 aromatic rings. The van der Waals surface area contributed by atoms with Crippen LogP contribution in [0, 0.1) is 10.1 Å². The van der Waals surface area contributed by atoms with Crippen molar-refractivity contribution < 1.29 is 62.2 Å². The van der Waals surface area contributed by atoms with Gasteiger partial charge >= 0.3 is 5.97 Å². The van der Waals surface area contributed by atoms with Crippen molar-refractivity contribution in [2.45, 2.75) is 49.7 Å². The van der Waals surface area contributed by atoms with Gasteiger partial charge in [-0.2, -0.15) is 10.2 Å². The summed E-state index contributed by atoms with van der Waals surface area (Å²) in [4.78, 5) is 93.8. The van der Waals surface area contributed by atoms with E-state index < -0.39 is 40.4 Å². The molecule has 9 rings (SSSR count). The maximum atomic E-state index is 13.4. The first-order valence-electron chi connectivity index (χ1n) is 29.6. The first kappa shape index (κ1) is 66.3. The molecule has 92 heavy (non-hydrogen) atoms. The molecular formula is C65H71N12O14S+. The third-order valence-corrected chi connectivity index (χ3v) is 16.5. The molecule has 5 amide bonds. The molecule has 4 N–H and O–H groups in total. The molecule has 0 saturated carbocycles. The Hall–Kier alpha value is -10.1. The molecule has 480 valence electrons. The standard InChI is InChI=1S/C65H70N12O14S/c1-73(2)44-20-23-47-52(33-44)90-53-34-45(74(3)4)21-24-48(53)61(47)46-22-11-39(32-49(46)65(83)84)62(80)67-26-9-27-68-63(81)56-38-89-60(91-56)25-30-76-59(79)37-57(64(76)82)92-31-28-66-58(78)10-8-29-75(5)42-16-12-40(13-17-42)69-71-50-35-55(88-7)51(36-54(50)87-6)72-70-41-14-18-43(19-15-41)77(85)86/h11-24,32-36,56-57,60H,8-10,25-31,37-38H2,1-7H3,(H3-,66,67,68,78,80,81,83,84)/p+1. The van der Waals surface area contributed by atoms with Crippen LogP contribution in [0.2, 0.25) is 0 Å². The van der Waals surface area contributed by atoms with Gasteiger partial charge in [0.1, 0.15) is 48.3 Å². The summed E-state index contributed by atoms with van der Waals surface area (Å²) in [6.45, 7) is 1.31. The molecule has 2 saturated heterocycles. The summed E-state index contributed by atoms with van der Waals surface area (Å²) in [6, 6.07) is 32.4. The van der Waals surface area contributed by atoms with Crippen LogP contribution in [0.15, 0.2) is 140 Å². The number of anilines is 2. The fraction of sp³-hybridized carbons (Fsp3) is 0.338. The summed E-state index contributed by atoms with van der Waals surface area (Å²) >= 11 is 1.31. The lowest BCUT2D eigenvalue weighted by Crippen LogP contribution is -2.38. The SMILES string of the molecule is COc1cc(N=Nc2ccc([N+](=O)[O-])cc2)c(OC)cc1N=Nc1ccc(N(C)CCCC(=O)NCCSC2CC(=O)N(CCC3OCC(C(=O)NCCCNC(=O)c4ccc(-c5c6ccc(=[N+](C)C)cc-6oc6cc(N(C)C)ccc56)c(C(=O)O)c4)O3)C2=O)cc1. The second-order valence-corrected chi connectivity index (χ2v) is 23.3. The number of nitro benzene ring substituents is 1. The summed E-state index contributed by atoms with van der Waals surface area (Å²) in [5, 5.41) is 48.1. The number of benzene rings is 6. The normalized spacial score (nSPS) is 15.6. The van der Waals surface area contributed by atoms with Crippen molar-refractivity contribution in [3.63, 3.8) is 0 Å². The first-order chi connectivity index (χ1) is 44.3. The van der Waals surface area contributed by atoms with Gasteiger partial charge in [0.2, 0.25) is 23.1 Å². The highest BCUT2D eigenvalue weighted by Crippen LogP contribution is 2.44. The zero-order valence-electron chi connectivity index (χ0n) is 51.9. The predicted octanol–water partition coefficient (Wildman–Crippen LogP) is 9.02. The van der Waals surface area contributed by atoms with Crippen LogP contribution in [-0.4, -0.2) is 163 Å². The van der Waals surface area contributed by atoms with Gasteiger partial charge in [0.05, 0.1) is 54.0 Å². The molecule has 0 aromatic heterocycles. The maximum absolute atomic E-state index is 13.4. The molecule has 4 aliphatic rings. The highest BCUT2D eigenvalue weighted by atomic mass is 32.2. The molecule has 3 heterocycles. The fourth-order valence-electron chi connectivity index (χ4n) is 10.3. The number of aromatic carboxylic acids is 1. The zero-order valence-corrected chi connectivity index (χ0v) is 52.7. The van der Waals surface area contributed by atoms with Crippen LogP contribution in [0.3, 0.4) is 0 Å². The van der Waals surface area contributed by atoms with Crippen molar-refractivity contribution in [1.29, 1.82) is 0 Å². The van der Waals surface area contributed by atoms with E-state index in [1.54, 1.807) is 24.3 Å². The number of azo groups is 2. The van der Waals surface area contributed by atoms with Crippen LogP contribution >= 0.6 is 11.8 Å². The molecule has 3 atom stereocenters. The van der Waals surface area contributed by atoms with Crippen molar-refractivity contribution in [3.8, 4) is 33.9 Å². The molecule has 3 unspecified atom stereocenters. The highest BCUT2D eigenvalue weighted by Gasteiger charge is 2.40. The van der Waals surface area contributed by atoms with Gasteiger partial charge in [0.25, 0.3) is 17.5 Å². The van der Waals surface area contributed by atoms with Gasteiger partial charge in [-0.05, 0) is 85.1 Å². The number of imide groups is 1. The molecule has 0 spiro atoms.